The van der Waals surface area contributed by atoms with Crippen molar-refractivity contribution in [3.05, 3.63) is 28.8 Å². The second-order valence-corrected chi connectivity index (χ2v) is 5.88. The van der Waals surface area contributed by atoms with Gasteiger partial charge in [-0.05, 0) is 12.0 Å². The predicted molar refractivity (Wildman–Crippen MR) is 82.1 cm³/mol. The third-order valence-corrected chi connectivity index (χ3v) is 3.53. The van der Waals surface area contributed by atoms with Crippen LogP contribution in [-0.4, -0.2) is 22.0 Å². The van der Waals surface area contributed by atoms with Crippen LogP contribution in [0.25, 0.3) is 11.0 Å². The van der Waals surface area contributed by atoms with Crippen LogP contribution < -0.4 is 5.32 Å². The average Bonchev–Trinajstić information content (AvgIpc) is 2.74. The van der Waals surface area contributed by atoms with Gasteiger partial charge in [0.05, 0.1) is 21.9 Å². The molecule has 0 fully saturated rings. The number of imidazole rings is 1. The van der Waals surface area contributed by atoms with Crippen LogP contribution in [0.5, 0.6) is 0 Å². The van der Waals surface area contributed by atoms with Gasteiger partial charge in [0.15, 0.2) is 0 Å². The van der Waals surface area contributed by atoms with E-state index in [0.717, 1.165) is 0 Å². The first kappa shape index (κ1) is 16.0. The molecule has 7 heteroatoms. The number of hydrogen-bond donors (Lipinski definition) is 1. The van der Waals surface area contributed by atoms with E-state index in [1.807, 2.05) is 13.8 Å². The minimum absolute atomic E-state index is 0.00707. The molecule has 0 unspecified atom stereocenters. The molecule has 21 heavy (non-hydrogen) atoms. The third-order valence-electron chi connectivity index (χ3n) is 3.00. The van der Waals surface area contributed by atoms with Crippen molar-refractivity contribution in [2.24, 2.45) is 5.92 Å². The summed E-state index contributed by atoms with van der Waals surface area (Å²) in [5.74, 6) is 0.317. The van der Waals surface area contributed by atoms with Crippen molar-refractivity contribution in [2.75, 3.05) is 6.54 Å². The largest absolute Gasteiger partial charge is 0.354 e. The highest BCUT2D eigenvalue weighted by molar-refractivity contribution is 6.31. The van der Waals surface area contributed by atoms with E-state index in [2.05, 4.69) is 10.3 Å². The standard InChI is InChI=1S/C14H16Cl2FN3O/c1-8(2)6-18-14(21)7-20-12-3-9(16)10(17)4-11(12)19-13(20)5-15/h3-4,8H,5-7H2,1-2H3,(H,18,21). The van der Waals surface area contributed by atoms with Gasteiger partial charge in [-0.15, -0.1) is 11.6 Å². The Morgan fingerprint density at radius 3 is 2.81 bits per heavy atom. The Labute approximate surface area is 132 Å². The maximum Gasteiger partial charge on any atom is 0.240 e. The number of halogens is 3. The lowest BCUT2D eigenvalue weighted by Crippen LogP contribution is -2.31. The summed E-state index contributed by atoms with van der Waals surface area (Å²) in [4.78, 5) is 16.2. The molecule has 2 rings (SSSR count). The van der Waals surface area contributed by atoms with Gasteiger partial charge in [-0.25, -0.2) is 9.37 Å². The number of amides is 1. The molecule has 0 radical (unpaired) electrons. The average molecular weight is 332 g/mol. The van der Waals surface area contributed by atoms with E-state index >= 15 is 0 Å². The van der Waals surface area contributed by atoms with Crippen LogP contribution in [0.4, 0.5) is 4.39 Å². The van der Waals surface area contributed by atoms with Crippen LogP contribution in [-0.2, 0) is 17.2 Å². The van der Waals surface area contributed by atoms with E-state index in [9.17, 15) is 9.18 Å². The highest BCUT2D eigenvalue weighted by atomic mass is 35.5. The monoisotopic (exact) mass is 331 g/mol. The van der Waals surface area contributed by atoms with Crippen LogP contribution in [0.3, 0.4) is 0 Å². The smallest absolute Gasteiger partial charge is 0.240 e. The minimum Gasteiger partial charge on any atom is -0.354 e. The number of fused-ring (bicyclic) bond motifs is 1. The summed E-state index contributed by atoms with van der Waals surface area (Å²) in [7, 11) is 0. The van der Waals surface area contributed by atoms with Crippen LogP contribution >= 0.6 is 23.2 Å². The number of nitrogens with one attached hydrogen (secondary N) is 1. The van der Waals surface area contributed by atoms with E-state index in [0.29, 0.717) is 29.3 Å². The summed E-state index contributed by atoms with van der Waals surface area (Å²) in [5.41, 5.74) is 1.03. The zero-order valence-corrected chi connectivity index (χ0v) is 13.3. The number of benzene rings is 1. The van der Waals surface area contributed by atoms with Crippen molar-refractivity contribution in [1.29, 1.82) is 0 Å². The Balaban J connectivity index is 2.33. The molecule has 0 aliphatic carbocycles. The van der Waals surface area contributed by atoms with Crippen molar-refractivity contribution in [2.45, 2.75) is 26.3 Å². The fourth-order valence-corrected chi connectivity index (χ4v) is 2.33. The molecule has 0 aliphatic heterocycles. The fourth-order valence-electron chi connectivity index (χ4n) is 1.97. The molecule has 4 nitrogen and oxygen atoms in total. The molecule has 1 heterocycles. The molecule has 0 bridgehead atoms. The van der Waals surface area contributed by atoms with E-state index in [1.165, 1.54) is 12.1 Å². The summed E-state index contributed by atoms with van der Waals surface area (Å²) in [6.07, 6.45) is 0. The van der Waals surface area contributed by atoms with E-state index in [1.54, 1.807) is 4.57 Å². The molecule has 0 aliphatic rings. The molecule has 1 amide bonds. The molecule has 2 aromatic rings. The quantitative estimate of drug-likeness (QED) is 0.854. The van der Waals surface area contributed by atoms with E-state index < -0.39 is 5.82 Å². The van der Waals surface area contributed by atoms with Gasteiger partial charge >= 0.3 is 0 Å². The Hall–Kier alpha value is -1.33. The maximum absolute atomic E-state index is 13.5. The zero-order valence-electron chi connectivity index (χ0n) is 11.8. The van der Waals surface area contributed by atoms with Gasteiger partial charge in [0, 0.05) is 12.6 Å². The van der Waals surface area contributed by atoms with Gasteiger partial charge < -0.3 is 9.88 Å². The molecule has 1 aromatic heterocycles. The van der Waals surface area contributed by atoms with Crippen molar-refractivity contribution in [3.8, 4) is 0 Å². The Morgan fingerprint density at radius 2 is 2.19 bits per heavy atom. The van der Waals surface area contributed by atoms with E-state index in [4.69, 9.17) is 23.2 Å². The van der Waals surface area contributed by atoms with Gasteiger partial charge in [-0.3, -0.25) is 4.79 Å². The Kier molecular flexibility index (Phi) is 5.06. The zero-order chi connectivity index (χ0) is 15.6. The first-order chi connectivity index (χ1) is 9.92. The van der Waals surface area contributed by atoms with Crippen molar-refractivity contribution in [1.82, 2.24) is 14.9 Å². The van der Waals surface area contributed by atoms with Crippen LogP contribution in [0.1, 0.15) is 19.7 Å². The molecule has 114 valence electrons. The number of aromatic nitrogens is 2. The van der Waals surface area contributed by atoms with Gasteiger partial charge in [0.1, 0.15) is 18.2 Å². The van der Waals surface area contributed by atoms with Gasteiger partial charge in [-0.2, -0.15) is 0 Å². The van der Waals surface area contributed by atoms with Crippen LogP contribution in [0.2, 0.25) is 5.02 Å². The lowest BCUT2D eigenvalue weighted by molar-refractivity contribution is -0.121. The highest BCUT2D eigenvalue weighted by Crippen LogP contribution is 2.24. The number of carbonyl (C=O) groups excluding carboxylic acids is 1. The summed E-state index contributed by atoms with van der Waals surface area (Å²) in [5, 5.41) is 2.82. The van der Waals surface area contributed by atoms with Crippen molar-refractivity contribution in [3.63, 3.8) is 0 Å². The van der Waals surface area contributed by atoms with E-state index in [-0.39, 0.29) is 23.4 Å². The molecule has 0 saturated carbocycles. The normalized spacial score (nSPS) is 11.3. The topological polar surface area (TPSA) is 46.9 Å². The fraction of sp³-hybridized carbons (Fsp3) is 0.429. The first-order valence-corrected chi connectivity index (χ1v) is 7.50. The second kappa shape index (κ2) is 6.62. The Bertz CT molecular complexity index is 670. The van der Waals surface area contributed by atoms with Gasteiger partial charge in [0.2, 0.25) is 5.91 Å². The number of hydrogen-bond acceptors (Lipinski definition) is 2. The lowest BCUT2D eigenvalue weighted by atomic mass is 10.2. The van der Waals surface area contributed by atoms with Crippen LogP contribution in [0.15, 0.2) is 12.1 Å². The Morgan fingerprint density at radius 1 is 1.48 bits per heavy atom. The summed E-state index contributed by atoms with van der Waals surface area (Å²) in [6, 6.07) is 2.71. The summed E-state index contributed by atoms with van der Waals surface area (Å²) >= 11 is 11.7. The highest BCUT2D eigenvalue weighted by Gasteiger charge is 2.15. The van der Waals surface area contributed by atoms with Gasteiger partial charge in [0.25, 0.3) is 0 Å². The maximum atomic E-state index is 13.5. The molecular formula is C14H16Cl2FN3O. The molecule has 0 spiro atoms. The SMILES string of the molecule is CC(C)CNC(=O)Cn1c(CCl)nc2cc(F)c(Cl)cc21. The molecule has 0 saturated heterocycles. The number of alkyl halides is 1. The summed E-state index contributed by atoms with van der Waals surface area (Å²) in [6.45, 7) is 4.70. The third kappa shape index (κ3) is 3.66. The summed E-state index contributed by atoms with van der Waals surface area (Å²) < 4.78 is 15.1. The van der Waals surface area contributed by atoms with Crippen LogP contribution in [0, 0.1) is 11.7 Å². The molecule has 1 aromatic carbocycles. The molecule has 1 N–H and O–H groups in total. The lowest BCUT2D eigenvalue weighted by Gasteiger charge is -2.10. The number of rotatable bonds is 5. The molecular weight excluding hydrogens is 316 g/mol. The van der Waals surface area contributed by atoms with Crippen molar-refractivity contribution < 1.29 is 9.18 Å². The number of carbonyl (C=O) groups is 1. The first-order valence-electron chi connectivity index (χ1n) is 6.59. The second-order valence-electron chi connectivity index (χ2n) is 5.20. The van der Waals surface area contributed by atoms with Gasteiger partial charge in [-0.1, -0.05) is 25.4 Å². The molecule has 0 atom stereocenters. The van der Waals surface area contributed by atoms with Crippen molar-refractivity contribution >= 4 is 40.1 Å². The number of nitrogens with zero attached hydrogens (tertiary/aromatic N) is 2. The minimum atomic E-state index is -0.542. The predicted octanol–water partition coefficient (Wildman–Crippen LogP) is 3.34.